The molecule has 1 aliphatic heterocycles. The van der Waals surface area contributed by atoms with Gasteiger partial charge in [-0.15, -0.1) is 0 Å². The molecule has 29 heavy (non-hydrogen) atoms. The van der Waals surface area contributed by atoms with Crippen molar-refractivity contribution in [2.24, 2.45) is 0 Å². The van der Waals surface area contributed by atoms with Crippen LogP contribution in [-0.4, -0.2) is 50.2 Å². The first-order valence-corrected chi connectivity index (χ1v) is 9.70. The van der Waals surface area contributed by atoms with Crippen LogP contribution in [0.15, 0.2) is 48.5 Å². The molecule has 1 heterocycles. The first kappa shape index (κ1) is 20.5. The Morgan fingerprint density at radius 2 is 1.76 bits per heavy atom. The van der Waals surface area contributed by atoms with Gasteiger partial charge in [0.2, 0.25) is 5.91 Å². The number of carbonyl (C=O) groups excluding carboxylic acids is 2. The Balaban J connectivity index is 1.47. The van der Waals surface area contributed by atoms with Crippen LogP contribution in [0.5, 0.6) is 11.5 Å². The van der Waals surface area contributed by atoms with Crippen LogP contribution in [0, 0.1) is 0 Å². The number of ether oxygens (including phenoxy) is 2. The summed E-state index contributed by atoms with van der Waals surface area (Å²) in [4.78, 5) is 26.6. The molecule has 154 valence electrons. The molecule has 0 aliphatic carbocycles. The lowest BCUT2D eigenvalue weighted by Crippen LogP contribution is -2.48. The molecule has 2 aromatic rings. The van der Waals surface area contributed by atoms with E-state index < -0.39 is 0 Å². The van der Waals surface area contributed by atoms with Crippen molar-refractivity contribution in [3.8, 4) is 11.5 Å². The highest BCUT2D eigenvalue weighted by atomic mass is 16.5. The van der Waals surface area contributed by atoms with E-state index in [0.29, 0.717) is 24.6 Å². The Morgan fingerprint density at radius 3 is 2.41 bits per heavy atom. The molecule has 0 spiro atoms. The minimum atomic E-state index is -0.107. The molecule has 3 rings (SSSR count). The number of nitrogens with zero attached hydrogens (tertiary/aromatic N) is 1. The molecule has 0 aromatic heterocycles. The van der Waals surface area contributed by atoms with Crippen molar-refractivity contribution in [3.63, 3.8) is 0 Å². The van der Waals surface area contributed by atoms with Crippen LogP contribution >= 0.6 is 0 Å². The minimum Gasteiger partial charge on any atom is -0.497 e. The number of urea groups is 1. The summed E-state index contributed by atoms with van der Waals surface area (Å²) in [6.07, 6.45) is 1.70. The molecule has 2 aromatic carbocycles. The number of amides is 3. The van der Waals surface area contributed by atoms with E-state index >= 15 is 0 Å². The van der Waals surface area contributed by atoms with Gasteiger partial charge in [0.25, 0.3) is 0 Å². The van der Waals surface area contributed by atoms with Gasteiger partial charge in [0.05, 0.1) is 20.6 Å². The molecule has 2 N–H and O–H groups in total. The molecule has 1 saturated heterocycles. The van der Waals surface area contributed by atoms with Gasteiger partial charge in [-0.1, -0.05) is 24.3 Å². The first-order chi connectivity index (χ1) is 14.1. The van der Waals surface area contributed by atoms with Gasteiger partial charge >= 0.3 is 6.03 Å². The fraction of sp³-hybridized carbons (Fsp3) is 0.364. The Kier molecular flexibility index (Phi) is 6.94. The molecule has 0 radical (unpaired) electrons. The lowest BCUT2D eigenvalue weighted by molar-refractivity contribution is -0.121. The predicted octanol–water partition coefficient (Wildman–Crippen LogP) is 3.06. The smallest absolute Gasteiger partial charge is 0.321 e. The second-order valence-electron chi connectivity index (χ2n) is 6.98. The van der Waals surface area contributed by atoms with E-state index in [1.54, 1.807) is 25.2 Å². The monoisotopic (exact) mass is 397 g/mol. The summed E-state index contributed by atoms with van der Waals surface area (Å²) in [7, 11) is 3.17. The summed E-state index contributed by atoms with van der Waals surface area (Å²) >= 11 is 0. The topological polar surface area (TPSA) is 79.9 Å². The molecule has 0 bridgehead atoms. The van der Waals surface area contributed by atoms with E-state index in [4.69, 9.17) is 9.47 Å². The van der Waals surface area contributed by atoms with Crippen molar-refractivity contribution >= 4 is 17.6 Å². The quantitative estimate of drug-likeness (QED) is 0.785. The number of piperidine rings is 1. The Morgan fingerprint density at radius 1 is 1.03 bits per heavy atom. The van der Waals surface area contributed by atoms with Gasteiger partial charge < -0.3 is 25.0 Å². The number of para-hydroxylation sites is 1. The lowest BCUT2D eigenvalue weighted by atomic mass is 10.0. The maximum atomic E-state index is 12.5. The van der Waals surface area contributed by atoms with E-state index in [1.807, 2.05) is 42.5 Å². The van der Waals surface area contributed by atoms with E-state index in [-0.39, 0.29) is 24.4 Å². The van der Waals surface area contributed by atoms with Gasteiger partial charge in [-0.3, -0.25) is 4.79 Å². The van der Waals surface area contributed by atoms with E-state index in [2.05, 4.69) is 10.6 Å². The Bertz CT molecular complexity index is 833. The standard InChI is InChI=1S/C22H27N3O4/c1-28-19-9-8-16(20(15-19)29-2)14-21(26)23-18-10-12-25(13-11-18)22(27)24-17-6-4-3-5-7-17/h3-9,15,18H,10-14H2,1-2H3,(H,23,26)(H,24,27). The van der Waals surface area contributed by atoms with Crippen LogP contribution in [0.25, 0.3) is 0 Å². The molecular formula is C22H27N3O4. The van der Waals surface area contributed by atoms with Crippen molar-refractivity contribution in [2.45, 2.75) is 25.3 Å². The molecular weight excluding hydrogens is 370 g/mol. The summed E-state index contributed by atoms with van der Waals surface area (Å²) in [6, 6.07) is 14.8. The number of rotatable bonds is 6. The number of methoxy groups -OCH3 is 2. The number of nitrogens with one attached hydrogen (secondary N) is 2. The van der Waals surface area contributed by atoms with Crippen molar-refractivity contribution in [3.05, 3.63) is 54.1 Å². The van der Waals surface area contributed by atoms with Gasteiger partial charge in [0.1, 0.15) is 11.5 Å². The van der Waals surface area contributed by atoms with Crippen molar-refractivity contribution in [1.82, 2.24) is 10.2 Å². The first-order valence-electron chi connectivity index (χ1n) is 9.70. The summed E-state index contributed by atoms with van der Waals surface area (Å²) in [5.74, 6) is 1.26. The highest BCUT2D eigenvalue weighted by molar-refractivity contribution is 5.89. The largest absolute Gasteiger partial charge is 0.497 e. The van der Waals surface area contributed by atoms with E-state index in [0.717, 1.165) is 24.1 Å². The van der Waals surface area contributed by atoms with Crippen LogP contribution in [0.3, 0.4) is 0 Å². The van der Waals surface area contributed by atoms with Crippen LogP contribution in [0.4, 0.5) is 10.5 Å². The lowest BCUT2D eigenvalue weighted by Gasteiger charge is -2.32. The number of benzene rings is 2. The third-order valence-electron chi connectivity index (χ3n) is 5.02. The summed E-state index contributed by atoms with van der Waals surface area (Å²) in [6.45, 7) is 1.21. The summed E-state index contributed by atoms with van der Waals surface area (Å²) < 4.78 is 10.5. The molecule has 0 unspecified atom stereocenters. The summed E-state index contributed by atoms with van der Waals surface area (Å²) in [5.41, 5.74) is 1.59. The molecule has 1 fully saturated rings. The predicted molar refractivity (Wildman–Crippen MR) is 111 cm³/mol. The van der Waals surface area contributed by atoms with Gasteiger partial charge in [0, 0.05) is 36.4 Å². The van der Waals surface area contributed by atoms with Gasteiger partial charge in [-0.25, -0.2) is 4.79 Å². The average Bonchev–Trinajstić information content (AvgIpc) is 2.75. The summed E-state index contributed by atoms with van der Waals surface area (Å²) in [5, 5.41) is 5.97. The second kappa shape index (κ2) is 9.82. The SMILES string of the molecule is COc1ccc(CC(=O)NC2CCN(C(=O)Nc3ccccc3)CC2)c(OC)c1. The highest BCUT2D eigenvalue weighted by Gasteiger charge is 2.24. The zero-order valence-corrected chi connectivity index (χ0v) is 16.8. The number of likely N-dealkylation sites (tertiary alicyclic amines) is 1. The Hall–Kier alpha value is -3.22. The third-order valence-corrected chi connectivity index (χ3v) is 5.02. The minimum absolute atomic E-state index is 0.0550. The van der Waals surface area contributed by atoms with Crippen LogP contribution in [0.2, 0.25) is 0 Å². The van der Waals surface area contributed by atoms with Gasteiger partial charge in [0.15, 0.2) is 0 Å². The third kappa shape index (κ3) is 5.63. The van der Waals surface area contributed by atoms with Crippen molar-refractivity contribution < 1.29 is 19.1 Å². The normalized spacial score (nSPS) is 14.2. The number of hydrogen-bond acceptors (Lipinski definition) is 4. The van der Waals surface area contributed by atoms with Gasteiger partial charge in [-0.05, 0) is 31.0 Å². The zero-order valence-electron chi connectivity index (χ0n) is 16.8. The molecule has 0 saturated carbocycles. The molecule has 3 amide bonds. The fourth-order valence-corrected chi connectivity index (χ4v) is 3.40. The molecule has 0 atom stereocenters. The Labute approximate surface area is 171 Å². The number of carbonyl (C=O) groups is 2. The van der Waals surface area contributed by atoms with Crippen molar-refractivity contribution in [1.29, 1.82) is 0 Å². The highest BCUT2D eigenvalue weighted by Crippen LogP contribution is 2.25. The van der Waals surface area contributed by atoms with Gasteiger partial charge in [-0.2, -0.15) is 0 Å². The van der Waals surface area contributed by atoms with Crippen LogP contribution < -0.4 is 20.1 Å². The molecule has 1 aliphatic rings. The van der Waals surface area contributed by atoms with E-state index in [9.17, 15) is 9.59 Å². The molecule has 7 nitrogen and oxygen atoms in total. The number of hydrogen-bond donors (Lipinski definition) is 2. The maximum Gasteiger partial charge on any atom is 0.321 e. The second-order valence-corrected chi connectivity index (χ2v) is 6.98. The zero-order chi connectivity index (χ0) is 20.6. The fourth-order valence-electron chi connectivity index (χ4n) is 3.40. The van der Waals surface area contributed by atoms with Crippen molar-refractivity contribution in [2.75, 3.05) is 32.6 Å². The number of anilines is 1. The van der Waals surface area contributed by atoms with Crippen LogP contribution in [-0.2, 0) is 11.2 Å². The molecule has 7 heteroatoms. The maximum absolute atomic E-state index is 12.5. The van der Waals surface area contributed by atoms with Crippen LogP contribution in [0.1, 0.15) is 18.4 Å². The van der Waals surface area contributed by atoms with E-state index in [1.165, 1.54) is 0 Å². The average molecular weight is 397 g/mol.